The predicted octanol–water partition coefficient (Wildman–Crippen LogP) is 5.22. The molecule has 154 valence electrons. The highest BCUT2D eigenvalue weighted by atomic mass is 79.9. The zero-order chi connectivity index (χ0) is 20.4. The van der Waals surface area contributed by atoms with Gasteiger partial charge in [0.2, 0.25) is 0 Å². The maximum absolute atomic E-state index is 12.0. The molecule has 2 aromatic rings. The van der Waals surface area contributed by atoms with Gasteiger partial charge in [0.25, 0.3) is 0 Å². The van der Waals surface area contributed by atoms with Crippen molar-refractivity contribution in [1.29, 1.82) is 0 Å². The number of hydrogen-bond acceptors (Lipinski definition) is 3. The number of halogens is 1. The van der Waals surface area contributed by atoms with Crippen LogP contribution >= 0.6 is 15.9 Å². The first-order valence-corrected chi connectivity index (χ1v) is 11.1. The maximum atomic E-state index is 12.0. The molecule has 2 aromatic carbocycles. The summed E-state index contributed by atoms with van der Waals surface area (Å²) in [4.78, 5) is 0. The molecule has 0 spiro atoms. The highest BCUT2D eigenvalue weighted by Crippen LogP contribution is 2.41. The van der Waals surface area contributed by atoms with Crippen LogP contribution < -0.4 is 5.32 Å². The molecule has 0 bridgehead atoms. The van der Waals surface area contributed by atoms with Gasteiger partial charge in [-0.1, -0.05) is 72.2 Å². The summed E-state index contributed by atoms with van der Waals surface area (Å²) in [7, 11) is 0. The van der Waals surface area contributed by atoms with Gasteiger partial charge in [0, 0.05) is 23.5 Å². The molecule has 0 fully saturated rings. The quantitative estimate of drug-likeness (QED) is 0.391. The second-order valence-corrected chi connectivity index (χ2v) is 8.88. The lowest BCUT2D eigenvalue weighted by atomic mass is 9.73. The largest absolute Gasteiger partial charge is 0.396 e. The number of nitrogens with one attached hydrogen (secondary N) is 1. The Labute approximate surface area is 178 Å². The summed E-state index contributed by atoms with van der Waals surface area (Å²) in [5, 5.41) is 24.6. The minimum atomic E-state index is -0.948. The summed E-state index contributed by atoms with van der Waals surface area (Å²) in [6.07, 6.45) is 3.40. The lowest BCUT2D eigenvalue weighted by Gasteiger charge is -2.38. The molecule has 4 heteroatoms. The summed E-state index contributed by atoms with van der Waals surface area (Å²) >= 11 is 3.51. The molecule has 0 saturated carbocycles. The van der Waals surface area contributed by atoms with Gasteiger partial charge in [0.05, 0.1) is 5.60 Å². The third-order valence-corrected chi connectivity index (χ3v) is 5.86. The molecule has 0 saturated heterocycles. The summed E-state index contributed by atoms with van der Waals surface area (Å²) in [5.41, 5.74) is 1.16. The fraction of sp³-hybridized carbons (Fsp3) is 0.500. The van der Waals surface area contributed by atoms with Gasteiger partial charge < -0.3 is 15.5 Å². The normalized spacial score (nSPS) is 14.8. The lowest BCUT2D eigenvalue weighted by molar-refractivity contribution is -0.00632. The first-order chi connectivity index (χ1) is 13.5. The molecule has 3 nitrogen and oxygen atoms in total. The van der Waals surface area contributed by atoms with E-state index in [1.807, 2.05) is 42.5 Å². The maximum Gasteiger partial charge on any atom is 0.0977 e. The van der Waals surface area contributed by atoms with Gasteiger partial charge in [-0.15, -0.1) is 0 Å². The zero-order valence-electron chi connectivity index (χ0n) is 17.1. The molecule has 3 N–H and O–H groups in total. The third-order valence-electron chi connectivity index (χ3n) is 5.34. The molecular formula is C24H34BrNO2. The minimum absolute atomic E-state index is 0.0530. The molecule has 0 amide bonds. The first-order valence-electron chi connectivity index (χ1n) is 10.3. The number of unbranched alkanes of at least 4 members (excludes halogenated alkanes) is 1. The van der Waals surface area contributed by atoms with E-state index in [-0.39, 0.29) is 12.5 Å². The number of hydrogen-bond donors (Lipinski definition) is 3. The van der Waals surface area contributed by atoms with Crippen LogP contribution in [0.1, 0.15) is 56.6 Å². The Kier molecular flexibility index (Phi) is 9.66. The molecule has 28 heavy (non-hydrogen) atoms. The number of aliphatic hydroxyl groups excluding tert-OH is 1. The molecular weight excluding hydrogens is 414 g/mol. The van der Waals surface area contributed by atoms with Crippen molar-refractivity contribution in [2.45, 2.75) is 51.0 Å². The number of aliphatic hydroxyl groups is 2. The van der Waals surface area contributed by atoms with E-state index < -0.39 is 5.60 Å². The standard InChI is InChI=1S/C24H34BrNO2/c1-19(2)14-15-24(28,21-10-12-22(25)13-11-21)23(18-26-16-6-7-17-27)20-8-4-3-5-9-20/h3-5,8-13,19,23,26-28H,6-7,14-18H2,1-2H3/t23-,24-/m0/s1. The second kappa shape index (κ2) is 11.7. The molecule has 0 aliphatic carbocycles. The smallest absolute Gasteiger partial charge is 0.0977 e. The van der Waals surface area contributed by atoms with Crippen LogP contribution in [-0.2, 0) is 5.60 Å². The fourth-order valence-electron chi connectivity index (χ4n) is 3.62. The van der Waals surface area contributed by atoms with Crippen LogP contribution in [0.2, 0.25) is 0 Å². The second-order valence-electron chi connectivity index (χ2n) is 7.96. The van der Waals surface area contributed by atoms with E-state index in [0.29, 0.717) is 18.9 Å². The number of benzene rings is 2. The van der Waals surface area contributed by atoms with Gasteiger partial charge in [-0.2, -0.15) is 0 Å². The minimum Gasteiger partial charge on any atom is -0.396 e. The molecule has 0 aliphatic heterocycles. The van der Waals surface area contributed by atoms with Crippen molar-refractivity contribution in [1.82, 2.24) is 5.32 Å². The van der Waals surface area contributed by atoms with Crippen LogP contribution in [0.5, 0.6) is 0 Å². The highest BCUT2D eigenvalue weighted by molar-refractivity contribution is 9.10. The van der Waals surface area contributed by atoms with Gasteiger partial charge in [0.15, 0.2) is 0 Å². The van der Waals surface area contributed by atoms with E-state index in [0.717, 1.165) is 41.4 Å². The third kappa shape index (κ3) is 6.70. The van der Waals surface area contributed by atoms with E-state index >= 15 is 0 Å². The summed E-state index contributed by atoms with van der Waals surface area (Å²) in [6.45, 7) is 6.16. The van der Waals surface area contributed by atoms with Crippen LogP contribution in [0, 0.1) is 5.92 Å². The monoisotopic (exact) mass is 447 g/mol. The molecule has 0 heterocycles. The van der Waals surface area contributed by atoms with Crippen LogP contribution in [0.4, 0.5) is 0 Å². The molecule has 2 rings (SSSR count). The van der Waals surface area contributed by atoms with E-state index in [1.54, 1.807) is 0 Å². The Morgan fingerprint density at radius 2 is 1.68 bits per heavy atom. The van der Waals surface area contributed by atoms with Crippen molar-refractivity contribution >= 4 is 15.9 Å². The Morgan fingerprint density at radius 3 is 2.29 bits per heavy atom. The molecule has 2 atom stereocenters. The fourth-order valence-corrected chi connectivity index (χ4v) is 3.89. The predicted molar refractivity (Wildman–Crippen MR) is 120 cm³/mol. The number of rotatable bonds is 12. The molecule has 0 radical (unpaired) electrons. The van der Waals surface area contributed by atoms with Gasteiger partial charge in [0.1, 0.15) is 0 Å². The van der Waals surface area contributed by atoms with Crippen LogP contribution in [-0.4, -0.2) is 29.9 Å². The molecule has 0 aliphatic rings. The average molecular weight is 448 g/mol. The Balaban J connectivity index is 2.34. The topological polar surface area (TPSA) is 52.5 Å². The zero-order valence-corrected chi connectivity index (χ0v) is 18.7. The Hall–Kier alpha value is -1.20. The van der Waals surface area contributed by atoms with Gasteiger partial charge in [-0.25, -0.2) is 0 Å². The first kappa shape index (κ1) is 23.1. The summed E-state index contributed by atoms with van der Waals surface area (Å²) in [5.74, 6) is 0.471. The van der Waals surface area contributed by atoms with Crippen molar-refractivity contribution in [3.05, 3.63) is 70.2 Å². The van der Waals surface area contributed by atoms with Crippen LogP contribution in [0.25, 0.3) is 0 Å². The van der Waals surface area contributed by atoms with Gasteiger partial charge in [-0.05, 0) is 61.4 Å². The summed E-state index contributed by atoms with van der Waals surface area (Å²) < 4.78 is 1.01. The average Bonchev–Trinajstić information content (AvgIpc) is 2.70. The van der Waals surface area contributed by atoms with Crippen molar-refractivity contribution in [3.8, 4) is 0 Å². The van der Waals surface area contributed by atoms with Gasteiger partial charge in [-0.3, -0.25) is 0 Å². The van der Waals surface area contributed by atoms with E-state index in [2.05, 4.69) is 47.2 Å². The lowest BCUT2D eigenvalue weighted by Crippen LogP contribution is -2.40. The Morgan fingerprint density at radius 1 is 1.00 bits per heavy atom. The summed E-state index contributed by atoms with van der Waals surface area (Å²) in [6, 6.07) is 18.4. The van der Waals surface area contributed by atoms with Crippen LogP contribution in [0.15, 0.2) is 59.1 Å². The van der Waals surface area contributed by atoms with Crippen molar-refractivity contribution < 1.29 is 10.2 Å². The van der Waals surface area contributed by atoms with E-state index in [4.69, 9.17) is 5.11 Å². The van der Waals surface area contributed by atoms with E-state index in [1.165, 1.54) is 0 Å². The Bertz CT molecular complexity index is 675. The molecule has 0 unspecified atom stereocenters. The molecule has 0 aromatic heterocycles. The van der Waals surface area contributed by atoms with Crippen molar-refractivity contribution in [3.63, 3.8) is 0 Å². The van der Waals surface area contributed by atoms with Crippen molar-refractivity contribution in [2.24, 2.45) is 5.92 Å². The van der Waals surface area contributed by atoms with Crippen LogP contribution in [0.3, 0.4) is 0 Å². The van der Waals surface area contributed by atoms with E-state index in [9.17, 15) is 5.11 Å². The SMILES string of the molecule is CC(C)CC[C@](O)(c1ccc(Br)cc1)[C@@H](CNCCCCO)c1ccccc1. The van der Waals surface area contributed by atoms with Gasteiger partial charge >= 0.3 is 0 Å². The highest BCUT2D eigenvalue weighted by Gasteiger charge is 2.39. The van der Waals surface area contributed by atoms with Crippen molar-refractivity contribution in [2.75, 3.05) is 19.7 Å².